The molecular formula is C15H13ClF3N. The summed E-state index contributed by atoms with van der Waals surface area (Å²) in [6.07, 6.45) is 0. The molecule has 5 heteroatoms. The summed E-state index contributed by atoms with van der Waals surface area (Å²) < 4.78 is 40.9. The van der Waals surface area contributed by atoms with Gasteiger partial charge in [-0.05, 0) is 18.2 Å². The van der Waals surface area contributed by atoms with Crippen molar-refractivity contribution in [2.45, 2.75) is 13.0 Å². The van der Waals surface area contributed by atoms with E-state index in [1.54, 1.807) is 24.3 Å². The maximum absolute atomic E-state index is 13.9. The lowest BCUT2D eigenvalue weighted by Crippen LogP contribution is -2.24. The molecule has 1 nitrogen and oxygen atoms in total. The number of rotatable bonds is 4. The fraction of sp³-hybridized carbons (Fsp3) is 0.200. The summed E-state index contributed by atoms with van der Waals surface area (Å²) in [5.74, 6) is -2.82. The van der Waals surface area contributed by atoms with Crippen LogP contribution in [0.25, 0.3) is 0 Å². The molecule has 0 spiro atoms. The van der Waals surface area contributed by atoms with E-state index in [-0.39, 0.29) is 5.56 Å². The Bertz CT molecular complexity index is 593. The van der Waals surface area contributed by atoms with E-state index in [2.05, 4.69) is 5.32 Å². The summed E-state index contributed by atoms with van der Waals surface area (Å²) in [4.78, 5) is 0. The zero-order valence-electron chi connectivity index (χ0n) is 10.8. The first-order chi connectivity index (χ1) is 9.54. The van der Waals surface area contributed by atoms with Crippen LogP contribution >= 0.6 is 11.6 Å². The molecular weight excluding hydrogens is 287 g/mol. The number of nitrogens with one attached hydrogen (secondary N) is 1. The Labute approximate surface area is 120 Å². The molecule has 0 aliphatic rings. The van der Waals surface area contributed by atoms with Gasteiger partial charge in [0.2, 0.25) is 0 Å². The highest BCUT2D eigenvalue weighted by molar-refractivity contribution is 6.31. The van der Waals surface area contributed by atoms with Gasteiger partial charge in [0.25, 0.3) is 0 Å². The number of halogens is 4. The fourth-order valence-corrected chi connectivity index (χ4v) is 2.35. The van der Waals surface area contributed by atoms with Gasteiger partial charge in [-0.25, -0.2) is 13.2 Å². The number of hydrogen-bond donors (Lipinski definition) is 1. The van der Waals surface area contributed by atoms with Gasteiger partial charge in [-0.1, -0.05) is 36.7 Å². The van der Waals surface area contributed by atoms with Crippen LogP contribution in [0.2, 0.25) is 5.02 Å². The van der Waals surface area contributed by atoms with Gasteiger partial charge in [-0.3, -0.25) is 0 Å². The first-order valence-electron chi connectivity index (χ1n) is 6.16. The van der Waals surface area contributed by atoms with Gasteiger partial charge in [-0.15, -0.1) is 0 Å². The second-order valence-corrected chi connectivity index (χ2v) is 4.70. The van der Waals surface area contributed by atoms with E-state index in [1.165, 1.54) is 0 Å². The molecule has 106 valence electrons. The molecule has 0 amide bonds. The molecule has 2 rings (SSSR count). The van der Waals surface area contributed by atoms with Crippen LogP contribution < -0.4 is 5.32 Å². The maximum Gasteiger partial charge on any atom is 0.134 e. The molecule has 1 unspecified atom stereocenters. The van der Waals surface area contributed by atoms with Crippen molar-refractivity contribution < 1.29 is 13.2 Å². The first-order valence-corrected chi connectivity index (χ1v) is 6.54. The molecule has 0 fully saturated rings. The largest absolute Gasteiger partial charge is 0.306 e. The predicted molar refractivity (Wildman–Crippen MR) is 73.3 cm³/mol. The standard InChI is InChI=1S/C15H13ClF3N/c1-2-20-15(10-5-3-4-6-11(10)16)14-12(18)7-9(17)8-13(14)19/h3-8,15,20H,2H2,1H3. The van der Waals surface area contributed by atoms with Gasteiger partial charge in [0.1, 0.15) is 17.5 Å². The van der Waals surface area contributed by atoms with E-state index in [0.717, 1.165) is 0 Å². The topological polar surface area (TPSA) is 12.0 Å². The highest BCUT2D eigenvalue weighted by Crippen LogP contribution is 2.31. The van der Waals surface area contributed by atoms with Gasteiger partial charge in [0, 0.05) is 22.7 Å². The molecule has 2 aromatic carbocycles. The lowest BCUT2D eigenvalue weighted by atomic mass is 9.97. The second kappa shape index (κ2) is 6.29. The van der Waals surface area contributed by atoms with Crippen LogP contribution in [0.5, 0.6) is 0 Å². The summed E-state index contributed by atoms with van der Waals surface area (Å²) in [6.45, 7) is 2.29. The van der Waals surface area contributed by atoms with Crippen LogP contribution in [-0.2, 0) is 0 Å². The average Bonchev–Trinajstić information content (AvgIpc) is 2.37. The van der Waals surface area contributed by atoms with Crippen LogP contribution in [0.3, 0.4) is 0 Å². The molecule has 0 aromatic heterocycles. The van der Waals surface area contributed by atoms with E-state index in [4.69, 9.17) is 11.6 Å². The summed E-state index contributed by atoms with van der Waals surface area (Å²) in [6, 6.07) is 7.34. The summed E-state index contributed by atoms with van der Waals surface area (Å²) in [7, 11) is 0. The minimum absolute atomic E-state index is 0.235. The Hall–Kier alpha value is -1.52. The van der Waals surface area contributed by atoms with Crippen LogP contribution in [0.15, 0.2) is 36.4 Å². The maximum atomic E-state index is 13.9. The third-order valence-corrected chi connectivity index (χ3v) is 3.30. The van der Waals surface area contributed by atoms with Gasteiger partial charge >= 0.3 is 0 Å². The van der Waals surface area contributed by atoms with E-state index in [0.29, 0.717) is 29.3 Å². The van der Waals surface area contributed by atoms with Crippen molar-refractivity contribution in [1.82, 2.24) is 5.32 Å². The van der Waals surface area contributed by atoms with Crippen LogP contribution in [0.4, 0.5) is 13.2 Å². The number of hydrogen-bond acceptors (Lipinski definition) is 1. The quantitative estimate of drug-likeness (QED) is 0.879. The third-order valence-electron chi connectivity index (χ3n) is 2.96. The molecule has 0 radical (unpaired) electrons. The normalized spacial score (nSPS) is 12.4. The van der Waals surface area contributed by atoms with Crippen molar-refractivity contribution in [1.29, 1.82) is 0 Å². The van der Waals surface area contributed by atoms with Gasteiger partial charge in [0.15, 0.2) is 0 Å². The number of benzene rings is 2. The van der Waals surface area contributed by atoms with Gasteiger partial charge < -0.3 is 5.32 Å². The Kier molecular flexibility index (Phi) is 4.68. The smallest absolute Gasteiger partial charge is 0.134 e. The van der Waals surface area contributed by atoms with Gasteiger partial charge in [-0.2, -0.15) is 0 Å². The molecule has 0 aliphatic carbocycles. The highest BCUT2D eigenvalue weighted by atomic mass is 35.5. The Morgan fingerprint density at radius 3 is 2.25 bits per heavy atom. The molecule has 20 heavy (non-hydrogen) atoms. The monoisotopic (exact) mass is 299 g/mol. The van der Waals surface area contributed by atoms with Crippen molar-refractivity contribution in [3.63, 3.8) is 0 Å². The summed E-state index contributed by atoms with van der Waals surface area (Å²) >= 11 is 6.08. The molecule has 1 atom stereocenters. The molecule has 0 bridgehead atoms. The molecule has 0 aliphatic heterocycles. The van der Waals surface area contributed by atoms with Crippen LogP contribution in [0, 0.1) is 17.5 Å². The third kappa shape index (κ3) is 2.97. The lowest BCUT2D eigenvalue weighted by Gasteiger charge is -2.21. The predicted octanol–water partition coefficient (Wildman–Crippen LogP) is 4.46. The highest BCUT2D eigenvalue weighted by Gasteiger charge is 2.23. The minimum atomic E-state index is -0.946. The van der Waals surface area contributed by atoms with Crippen molar-refractivity contribution >= 4 is 11.6 Å². The zero-order chi connectivity index (χ0) is 14.7. The average molecular weight is 300 g/mol. The first kappa shape index (κ1) is 14.9. The molecule has 0 saturated carbocycles. The van der Waals surface area contributed by atoms with E-state index < -0.39 is 23.5 Å². The SMILES string of the molecule is CCNC(c1ccccc1Cl)c1c(F)cc(F)cc1F. The lowest BCUT2D eigenvalue weighted by molar-refractivity contribution is 0.492. The van der Waals surface area contributed by atoms with Crippen molar-refractivity contribution in [3.05, 3.63) is 70.0 Å². The van der Waals surface area contributed by atoms with E-state index >= 15 is 0 Å². The van der Waals surface area contributed by atoms with Gasteiger partial charge in [0.05, 0.1) is 6.04 Å². The fourth-order valence-electron chi connectivity index (χ4n) is 2.11. The minimum Gasteiger partial charge on any atom is -0.306 e. The summed E-state index contributed by atoms with van der Waals surface area (Å²) in [5, 5.41) is 3.36. The Morgan fingerprint density at radius 2 is 1.70 bits per heavy atom. The molecule has 2 aromatic rings. The molecule has 1 N–H and O–H groups in total. The van der Waals surface area contributed by atoms with E-state index in [1.807, 2.05) is 6.92 Å². The zero-order valence-corrected chi connectivity index (χ0v) is 11.5. The van der Waals surface area contributed by atoms with Crippen molar-refractivity contribution in [2.24, 2.45) is 0 Å². The second-order valence-electron chi connectivity index (χ2n) is 4.30. The molecule has 0 saturated heterocycles. The van der Waals surface area contributed by atoms with Crippen LogP contribution in [0.1, 0.15) is 24.1 Å². The Balaban J connectivity index is 2.58. The molecule has 0 heterocycles. The summed E-state index contributed by atoms with van der Waals surface area (Å²) in [5.41, 5.74) is 0.307. The van der Waals surface area contributed by atoms with Crippen molar-refractivity contribution in [2.75, 3.05) is 6.54 Å². The Morgan fingerprint density at radius 1 is 1.10 bits per heavy atom. The van der Waals surface area contributed by atoms with Crippen LogP contribution in [-0.4, -0.2) is 6.54 Å². The van der Waals surface area contributed by atoms with Crippen molar-refractivity contribution in [3.8, 4) is 0 Å². The van der Waals surface area contributed by atoms with E-state index in [9.17, 15) is 13.2 Å².